The van der Waals surface area contributed by atoms with Crippen LogP contribution in [0.2, 0.25) is 15.1 Å². The van der Waals surface area contributed by atoms with Gasteiger partial charge in [-0.1, -0.05) is 59.1 Å². The molecule has 3 aromatic carbocycles. The molecular weight excluding hydrogens is 552 g/mol. The number of benzene rings is 3. The van der Waals surface area contributed by atoms with E-state index in [1.807, 2.05) is 31.2 Å². The van der Waals surface area contributed by atoms with E-state index in [0.29, 0.717) is 44.4 Å². The molecule has 190 valence electrons. The van der Waals surface area contributed by atoms with Crippen molar-refractivity contribution in [3.63, 3.8) is 0 Å². The number of amidine groups is 1. The molecule has 4 rings (SSSR count). The number of ether oxygens (including phenoxy) is 1. The van der Waals surface area contributed by atoms with Crippen LogP contribution in [0.4, 0.5) is 4.79 Å². The van der Waals surface area contributed by atoms with Crippen molar-refractivity contribution in [2.24, 2.45) is 4.99 Å². The van der Waals surface area contributed by atoms with Gasteiger partial charge in [0, 0.05) is 15.1 Å². The van der Waals surface area contributed by atoms with Gasteiger partial charge in [-0.3, -0.25) is 14.7 Å². The van der Waals surface area contributed by atoms with Crippen LogP contribution in [0.25, 0.3) is 0 Å². The highest BCUT2D eigenvalue weighted by molar-refractivity contribution is 6.64. The van der Waals surface area contributed by atoms with Crippen molar-refractivity contribution in [2.45, 2.75) is 38.3 Å². The number of nitrogens with zero attached hydrogens (tertiary/aromatic N) is 3. The Labute approximate surface area is 236 Å². The van der Waals surface area contributed by atoms with Crippen molar-refractivity contribution in [3.8, 4) is 11.8 Å². The van der Waals surface area contributed by atoms with Crippen LogP contribution in [-0.2, 0) is 5.41 Å². The first-order valence-electron chi connectivity index (χ1n) is 11.5. The van der Waals surface area contributed by atoms with E-state index in [9.17, 15) is 10.1 Å². The molecule has 0 fully saturated rings. The van der Waals surface area contributed by atoms with Gasteiger partial charge in [-0.05, 0) is 85.5 Å². The molecule has 0 saturated carbocycles. The molecule has 0 aliphatic carbocycles. The van der Waals surface area contributed by atoms with Crippen LogP contribution in [0, 0.1) is 11.3 Å². The predicted molar refractivity (Wildman–Crippen MR) is 149 cm³/mol. The summed E-state index contributed by atoms with van der Waals surface area (Å²) in [6.07, 6.45) is 0. The van der Waals surface area contributed by atoms with Crippen molar-refractivity contribution >= 4 is 57.6 Å². The summed E-state index contributed by atoms with van der Waals surface area (Å²) >= 11 is 25.2. The summed E-state index contributed by atoms with van der Waals surface area (Å²) < 4.78 is 5.96. The third-order valence-electron chi connectivity index (χ3n) is 6.24. The van der Waals surface area contributed by atoms with Gasteiger partial charge >= 0.3 is 5.37 Å². The summed E-state index contributed by atoms with van der Waals surface area (Å²) in [5, 5.41) is 10.5. The minimum Gasteiger partial charge on any atom is -0.493 e. The second kappa shape index (κ2) is 10.9. The molecule has 1 aliphatic heterocycles. The molecule has 5 nitrogen and oxygen atoms in total. The Morgan fingerprint density at radius 3 is 2.11 bits per heavy atom. The van der Waals surface area contributed by atoms with Crippen molar-refractivity contribution in [3.05, 3.63) is 98.0 Å². The highest BCUT2D eigenvalue weighted by atomic mass is 35.5. The predicted octanol–water partition coefficient (Wildman–Crippen LogP) is 8.75. The van der Waals surface area contributed by atoms with Gasteiger partial charge < -0.3 is 4.74 Å². The lowest BCUT2D eigenvalue weighted by Gasteiger charge is -2.28. The van der Waals surface area contributed by atoms with E-state index in [-0.39, 0.29) is 0 Å². The van der Waals surface area contributed by atoms with E-state index < -0.39 is 22.9 Å². The van der Waals surface area contributed by atoms with E-state index in [0.717, 1.165) is 11.1 Å². The van der Waals surface area contributed by atoms with E-state index in [1.165, 1.54) is 4.90 Å². The molecule has 0 unspecified atom stereocenters. The van der Waals surface area contributed by atoms with Gasteiger partial charge in [0.05, 0.1) is 29.7 Å². The second-order valence-electron chi connectivity index (χ2n) is 9.07. The molecule has 1 amide bonds. The normalized spacial score (nSPS) is 17.4. The topological polar surface area (TPSA) is 65.7 Å². The summed E-state index contributed by atoms with van der Waals surface area (Å²) in [6, 6.07) is 19.1. The van der Waals surface area contributed by atoms with E-state index in [4.69, 9.17) is 56.1 Å². The van der Waals surface area contributed by atoms with Crippen LogP contribution in [0.1, 0.15) is 55.1 Å². The number of carbonyl (C=O) groups is 1. The Kier molecular flexibility index (Phi) is 8.06. The number of nitriles is 1. The van der Waals surface area contributed by atoms with Crippen molar-refractivity contribution < 1.29 is 9.53 Å². The molecule has 0 spiro atoms. The fraction of sp³-hybridized carbons (Fsp3) is 0.250. The van der Waals surface area contributed by atoms with Crippen molar-refractivity contribution in [1.82, 2.24) is 4.90 Å². The van der Waals surface area contributed by atoms with Crippen LogP contribution in [0.15, 0.2) is 65.7 Å². The molecule has 0 saturated heterocycles. The summed E-state index contributed by atoms with van der Waals surface area (Å²) in [5.74, 6) is 0.755. The van der Waals surface area contributed by atoms with Crippen LogP contribution >= 0.6 is 46.4 Å². The number of halogens is 4. The molecule has 1 heterocycles. The van der Waals surface area contributed by atoms with E-state index in [1.54, 1.807) is 50.2 Å². The molecule has 2 atom stereocenters. The summed E-state index contributed by atoms with van der Waals surface area (Å²) in [6.45, 7) is 5.75. The number of hydrogen-bond acceptors (Lipinski definition) is 4. The van der Waals surface area contributed by atoms with Gasteiger partial charge in [-0.25, -0.2) is 0 Å². The molecule has 1 aliphatic rings. The summed E-state index contributed by atoms with van der Waals surface area (Å²) in [5.41, 5.74) is 1.87. The first-order chi connectivity index (χ1) is 17.6. The number of aliphatic imine (C=N–C) groups is 1. The van der Waals surface area contributed by atoms with Crippen LogP contribution in [0.3, 0.4) is 0 Å². The largest absolute Gasteiger partial charge is 0.493 e. The van der Waals surface area contributed by atoms with Crippen LogP contribution < -0.4 is 4.74 Å². The Morgan fingerprint density at radius 2 is 1.59 bits per heavy atom. The van der Waals surface area contributed by atoms with Gasteiger partial charge in [-0.15, -0.1) is 0 Å². The highest BCUT2D eigenvalue weighted by Crippen LogP contribution is 2.46. The number of rotatable bonds is 6. The van der Waals surface area contributed by atoms with E-state index in [2.05, 4.69) is 6.07 Å². The van der Waals surface area contributed by atoms with Gasteiger partial charge in [0.15, 0.2) is 0 Å². The molecule has 0 radical (unpaired) electrons. The standard InChI is InChI=1S/C28H23Cl4N3O2/c1-4-37-23-14-21(28(2,3)15-33)22(31)13-20(23)26-34-24(16-5-9-18(29)10-6-16)25(35(26)27(32)36)17-7-11-19(30)12-8-17/h5-14,24-25H,4H2,1-3H3/t24-,25-/m1/s1. The Bertz CT molecular complexity index is 1400. The minimum absolute atomic E-state index is 0.312. The van der Waals surface area contributed by atoms with Gasteiger partial charge in [-0.2, -0.15) is 5.26 Å². The Balaban J connectivity index is 1.96. The number of carbonyl (C=O) groups excluding carboxylic acids is 1. The highest BCUT2D eigenvalue weighted by Gasteiger charge is 2.43. The first-order valence-corrected chi connectivity index (χ1v) is 13.0. The fourth-order valence-corrected chi connectivity index (χ4v) is 5.22. The average molecular weight is 575 g/mol. The Morgan fingerprint density at radius 1 is 1.03 bits per heavy atom. The lowest BCUT2D eigenvalue weighted by Crippen LogP contribution is -2.34. The van der Waals surface area contributed by atoms with Gasteiger partial charge in [0.25, 0.3) is 0 Å². The maximum atomic E-state index is 13.0. The molecule has 9 heteroatoms. The van der Waals surface area contributed by atoms with Crippen molar-refractivity contribution in [2.75, 3.05) is 6.61 Å². The average Bonchev–Trinajstić information content (AvgIpc) is 3.26. The molecule has 0 N–H and O–H groups in total. The first kappa shape index (κ1) is 27.3. The quantitative estimate of drug-likeness (QED) is 0.218. The van der Waals surface area contributed by atoms with Gasteiger partial charge in [0.1, 0.15) is 17.6 Å². The van der Waals surface area contributed by atoms with Crippen LogP contribution in [0.5, 0.6) is 5.75 Å². The molecule has 0 bridgehead atoms. The zero-order valence-corrected chi connectivity index (χ0v) is 23.3. The second-order valence-corrected chi connectivity index (χ2v) is 10.7. The zero-order valence-electron chi connectivity index (χ0n) is 20.3. The maximum Gasteiger partial charge on any atom is 0.322 e. The van der Waals surface area contributed by atoms with Crippen LogP contribution in [-0.4, -0.2) is 22.7 Å². The third-order valence-corrected chi connectivity index (χ3v) is 7.24. The third kappa shape index (κ3) is 5.44. The molecule has 3 aromatic rings. The number of amides is 1. The smallest absolute Gasteiger partial charge is 0.322 e. The number of hydrogen-bond donors (Lipinski definition) is 0. The molecule has 0 aromatic heterocycles. The lowest BCUT2D eigenvalue weighted by atomic mass is 9.85. The maximum absolute atomic E-state index is 13.0. The monoisotopic (exact) mass is 573 g/mol. The molecule has 37 heavy (non-hydrogen) atoms. The minimum atomic E-state index is -0.862. The lowest BCUT2D eigenvalue weighted by molar-refractivity contribution is 0.231. The fourth-order valence-electron chi connectivity index (χ4n) is 4.38. The van der Waals surface area contributed by atoms with Gasteiger partial charge in [0.2, 0.25) is 0 Å². The zero-order chi connectivity index (χ0) is 26.9. The summed E-state index contributed by atoms with van der Waals surface area (Å²) in [4.78, 5) is 19.4. The molecular formula is C28H23Cl4N3O2. The van der Waals surface area contributed by atoms with Crippen molar-refractivity contribution in [1.29, 1.82) is 5.26 Å². The summed E-state index contributed by atoms with van der Waals surface area (Å²) in [7, 11) is 0. The Hall–Kier alpha value is -2.75. The van der Waals surface area contributed by atoms with E-state index >= 15 is 0 Å². The SMILES string of the molecule is CCOc1cc(C(C)(C)C#N)c(Cl)cc1C1=N[C@H](c2ccc(Cl)cc2)[C@@H](c2ccc(Cl)cc2)N1C(=O)Cl.